The predicted molar refractivity (Wildman–Crippen MR) is 131 cm³/mol. The Kier molecular flexibility index (Phi) is 8.12. The largest absolute Gasteiger partial charge is 0.486 e. The van der Waals surface area contributed by atoms with Crippen LogP contribution in [0.25, 0.3) is 0 Å². The molecule has 0 atom stereocenters. The summed E-state index contributed by atoms with van der Waals surface area (Å²) in [6.07, 6.45) is 1.42. The second-order valence-corrected chi connectivity index (χ2v) is 8.33. The Labute approximate surface area is 203 Å². The minimum Gasteiger partial charge on any atom is -0.486 e. The zero-order valence-electron chi connectivity index (χ0n) is 16.8. The summed E-state index contributed by atoms with van der Waals surface area (Å²) in [4.78, 5) is 12.0. The highest BCUT2D eigenvalue weighted by molar-refractivity contribution is 9.10. The highest BCUT2D eigenvalue weighted by Crippen LogP contribution is 2.34. The average Bonchev–Trinajstić information content (AvgIpc) is 2.76. The predicted octanol–water partition coefficient (Wildman–Crippen LogP) is 6.67. The van der Waals surface area contributed by atoms with Gasteiger partial charge in [-0.05, 0) is 54.4 Å². The molecule has 6 nitrogen and oxygen atoms in total. The van der Waals surface area contributed by atoms with E-state index < -0.39 is 6.03 Å². The first kappa shape index (κ1) is 23.6. The average molecular weight is 532 g/mol. The molecule has 0 fully saturated rings. The summed E-state index contributed by atoms with van der Waals surface area (Å²) in [6.45, 7) is 2.07. The van der Waals surface area contributed by atoms with Gasteiger partial charge in [0.1, 0.15) is 6.61 Å². The Hall–Kier alpha value is -3.05. The van der Waals surface area contributed by atoms with Crippen LogP contribution in [-0.4, -0.2) is 12.2 Å². The van der Waals surface area contributed by atoms with Gasteiger partial charge < -0.3 is 10.1 Å². The molecule has 0 saturated heterocycles. The third-order valence-electron chi connectivity index (χ3n) is 4.33. The number of hydrogen-bond acceptors (Lipinski definition) is 4. The number of halogens is 3. The van der Waals surface area contributed by atoms with Crippen LogP contribution < -0.4 is 15.5 Å². The first-order chi connectivity index (χ1) is 15.4. The lowest BCUT2D eigenvalue weighted by atomic mass is 10.1. The van der Waals surface area contributed by atoms with E-state index in [9.17, 15) is 10.1 Å². The van der Waals surface area contributed by atoms with E-state index in [4.69, 9.17) is 27.9 Å². The van der Waals surface area contributed by atoms with Gasteiger partial charge in [0.2, 0.25) is 0 Å². The Bertz CT molecular complexity index is 1200. The summed E-state index contributed by atoms with van der Waals surface area (Å²) in [5.74, 6) is 0.300. The number of aryl methyl sites for hydroxylation is 1. The maximum absolute atomic E-state index is 12.0. The van der Waals surface area contributed by atoms with E-state index in [0.29, 0.717) is 22.6 Å². The first-order valence-corrected chi connectivity index (χ1v) is 10.9. The van der Waals surface area contributed by atoms with Gasteiger partial charge in [-0.3, -0.25) is 0 Å². The fourth-order valence-electron chi connectivity index (χ4n) is 2.74. The van der Waals surface area contributed by atoms with Crippen LogP contribution in [0.1, 0.15) is 22.3 Å². The fourth-order valence-corrected chi connectivity index (χ4v) is 3.60. The lowest BCUT2D eigenvalue weighted by Crippen LogP contribution is -2.24. The Balaban J connectivity index is 1.61. The van der Waals surface area contributed by atoms with Crippen molar-refractivity contribution in [2.45, 2.75) is 13.5 Å². The number of nitrogens with zero attached hydrogens (tertiary/aromatic N) is 2. The van der Waals surface area contributed by atoms with E-state index >= 15 is 0 Å². The van der Waals surface area contributed by atoms with Crippen LogP contribution >= 0.6 is 39.1 Å². The molecule has 162 valence electrons. The van der Waals surface area contributed by atoms with Crippen molar-refractivity contribution in [3.63, 3.8) is 0 Å². The van der Waals surface area contributed by atoms with Crippen molar-refractivity contribution < 1.29 is 9.53 Å². The normalized spacial score (nSPS) is 10.6. The molecule has 3 aromatic rings. The number of ether oxygens (including phenoxy) is 1. The summed E-state index contributed by atoms with van der Waals surface area (Å²) >= 11 is 16.0. The molecule has 2 amide bonds. The molecule has 0 spiro atoms. The topological polar surface area (TPSA) is 86.5 Å². The Morgan fingerprint density at radius 3 is 2.59 bits per heavy atom. The lowest BCUT2D eigenvalue weighted by Gasteiger charge is -2.11. The molecule has 0 aliphatic rings. The molecule has 0 aromatic heterocycles. The molecule has 9 heteroatoms. The molecule has 0 aliphatic carbocycles. The SMILES string of the molecule is Cc1cc(NC(=O)N/N=C/c2cc(Cl)c(OCc3ccccc3C#N)c(Cl)c2)ccc1Br. The first-order valence-electron chi connectivity index (χ1n) is 9.33. The Morgan fingerprint density at radius 2 is 1.91 bits per heavy atom. The number of carbonyl (C=O) groups is 1. The molecule has 2 N–H and O–H groups in total. The van der Waals surface area contributed by atoms with Gasteiger partial charge in [-0.15, -0.1) is 0 Å². The molecular formula is C23H17BrCl2N4O2. The minimum absolute atomic E-state index is 0.147. The molecule has 0 heterocycles. The number of nitriles is 1. The van der Waals surface area contributed by atoms with Crippen molar-refractivity contribution in [3.8, 4) is 11.8 Å². The van der Waals surface area contributed by atoms with Crippen LogP contribution in [0.2, 0.25) is 10.0 Å². The van der Waals surface area contributed by atoms with Gasteiger partial charge in [0.15, 0.2) is 5.75 Å². The smallest absolute Gasteiger partial charge is 0.339 e. The van der Waals surface area contributed by atoms with Crippen LogP contribution in [0.15, 0.2) is 64.2 Å². The van der Waals surface area contributed by atoms with Gasteiger partial charge in [-0.25, -0.2) is 10.2 Å². The van der Waals surface area contributed by atoms with Crippen LogP contribution in [0.5, 0.6) is 5.75 Å². The van der Waals surface area contributed by atoms with E-state index in [1.54, 1.807) is 36.4 Å². The lowest BCUT2D eigenvalue weighted by molar-refractivity contribution is 0.252. The number of urea groups is 1. The number of carbonyl (C=O) groups excluding carboxylic acids is 1. The molecule has 0 aliphatic heterocycles. The second kappa shape index (κ2) is 11.0. The number of amides is 2. The minimum atomic E-state index is -0.490. The van der Waals surface area contributed by atoms with Crippen molar-refractivity contribution in [2.24, 2.45) is 5.10 Å². The molecule has 0 bridgehead atoms. The number of hydrogen-bond donors (Lipinski definition) is 2. The van der Waals surface area contributed by atoms with E-state index in [1.807, 2.05) is 25.1 Å². The van der Waals surface area contributed by atoms with Crippen molar-refractivity contribution in [1.82, 2.24) is 5.43 Å². The van der Waals surface area contributed by atoms with Crippen LogP contribution in [0.4, 0.5) is 10.5 Å². The van der Waals surface area contributed by atoms with Gasteiger partial charge in [0, 0.05) is 15.7 Å². The summed E-state index contributed by atoms with van der Waals surface area (Å²) < 4.78 is 6.69. The number of hydrazone groups is 1. The molecular weight excluding hydrogens is 515 g/mol. The maximum Gasteiger partial charge on any atom is 0.339 e. The van der Waals surface area contributed by atoms with E-state index in [2.05, 4.69) is 37.8 Å². The monoisotopic (exact) mass is 530 g/mol. The van der Waals surface area contributed by atoms with Crippen molar-refractivity contribution in [1.29, 1.82) is 5.26 Å². The maximum atomic E-state index is 12.0. The molecule has 3 rings (SSSR count). The molecule has 3 aromatic carbocycles. The zero-order chi connectivity index (χ0) is 23.1. The third kappa shape index (κ3) is 6.24. The number of rotatable bonds is 6. The van der Waals surface area contributed by atoms with Gasteiger partial charge in [-0.2, -0.15) is 10.4 Å². The van der Waals surface area contributed by atoms with Crippen LogP contribution in [-0.2, 0) is 6.61 Å². The summed E-state index contributed by atoms with van der Waals surface area (Å²) in [6, 6.07) is 17.4. The zero-order valence-corrected chi connectivity index (χ0v) is 19.9. The highest BCUT2D eigenvalue weighted by Gasteiger charge is 2.11. The van der Waals surface area contributed by atoms with E-state index in [1.165, 1.54) is 6.21 Å². The number of benzene rings is 3. The van der Waals surface area contributed by atoms with Gasteiger partial charge >= 0.3 is 6.03 Å². The summed E-state index contributed by atoms with van der Waals surface area (Å²) in [5.41, 5.74) is 5.84. The molecule has 0 unspecified atom stereocenters. The van der Waals surface area contributed by atoms with Gasteiger partial charge in [0.25, 0.3) is 0 Å². The molecule has 32 heavy (non-hydrogen) atoms. The standard InChI is InChI=1S/C23H17BrCl2N4O2/c1-14-8-18(6-7-19(14)24)29-23(31)30-28-12-15-9-20(25)22(21(26)10-15)32-13-17-5-3-2-4-16(17)11-27/h2-10,12H,13H2,1H3,(H2,29,30,31)/b28-12+. The van der Waals surface area contributed by atoms with E-state index in [0.717, 1.165) is 15.6 Å². The number of nitrogens with one attached hydrogen (secondary N) is 2. The Morgan fingerprint density at radius 1 is 1.19 bits per heavy atom. The quantitative estimate of drug-likeness (QED) is 0.275. The number of anilines is 1. The van der Waals surface area contributed by atoms with Gasteiger partial charge in [-0.1, -0.05) is 57.3 Å². The van der Waals surface area contributed by atoms with Crippen molar-refractivity contribution >= 4 is 57.1 Å². The molecule has 0 saturated carbocycles. The second-order valence-electron chi connectivity index (χ2n) is 6.66. The molecule has 0 radical (unpaired) electrons. The van der Waals surface area contributed by atoms with Crippen molar-refractivity contribution in [2.75, 3.05) is 5.32 Å². The summed E-state index contributed by atoms with van der Waals surface area (Å²) in [7, 11) is 0. The fraction of sp³-hybridized carbons (Fsp3) is 0.0870. The van der Waals surface area contributed by atoms with Gasteiger partial charge in [0.05, 0.1) is 27.9 Å². The summed E-state index contributed by atoms with van der Waals surface area (Å²) in [5, 5.41) is 16.3. The van der Waals surface area contributed by atoms with Crippen molar-refractivity contribution in [3.05, 3.63) is 91.4 Å². The van der Waals surface area contributed by atoms with E-state index in [-0.39, 0.29) is 16.7 Å². The highest BCUT2D eigenvalue weighted by atomic mass is 79.9. The third-order valence-corrected chi connectivity index (χ3v) is 5.78. The van der Waals surface area contributed by atoms with Crippen LogP contribution in [0, 0.1) is 18.3 Å². The van der Waals surface area contributed by atoms with Crippen LogP contribution in [0.3, 0.4) is 0 Å².